The van der Waals surface area contributed by atoms with Gasteiger partial charge >= 0.3 is 0 Å². The van der Waals surface area contributed by atoms with Gasteiger partial charge in [-0.05, 0) is 64.7 Å². The Labute approximate surface area is 126 Å². The minimum Gasteiger partial charge on any atom is -0.0853 e. The predicted octanol–water partition coefficient (Wildman–Crippen LogP) is 6.62. The zero-order valence-electron chi connectivity index (χ0n) is 14.1. The summed E-state index contributed by atoms with van der Waals surface area (Å²) >= 11 is 0. The molecule has 0 amide bonds. The maximum Gasteiger partial charge on any atom is -0.0161 e. The van der Waals surface area contributed by atoms with E-state index < -0.39 is 0 Å². The molecular weight excluding hydrogens is 240 g/mol. The van der Waals surface area contributed by atoms with Gasteiger partial charge in [-0.25, -0.2) is 0 Å². The lowest BCUT2D eigenvalue weighted by atomic mass is 9.88. The standard InChI is InChI=1S/C20H32/c1-16(2)20-14-12-18(4)10-6-8-17(3)9-7-11-19(5)13-15-20/h8,10-12,14,16,20H,6-7,9,13,15H2,1-5H3/b14-12?,17-8-,18-10?,19-11-/t20-/m0/s1. The van der Waals surface area contributed by atoms with Crippen LogP contribution in [0.3, 0.4) is 0 Å². The fraction of sp³-hybridized carbons (Fsp3) is 0.600. The van der Waals surface area contributed by atoms with E-state index in [0.29, 0.717) is 5.92 Å². The quantitative estimate of drug-likeness (QED) is 0.471. The smallest absolute Gasteiger partial charge is 0.0161 e. The van der Waals surface area contributed by atoms with E-state index in [0.717, 1.165) is 12.3 Å². The molecular formula is C20H32. The molecule has 0 aromatic heterocycles. The van der Waals surface area contributed by atoms with Gasteiger partial charge in [0.15, 0.2) is 0 Å². The van der Waals surface area contributed by atoms with Crippen molar-refractivity contribution < 1.29 is 0 Å². The molecule has 0 radical (unpaired) electrons. The highest BCUT2D eigenvalue weighted by atomic mass is 14.1. The van der Waals surface area contributed by atoms with Crippen molar-refractivity contribution in [3.8, 4) is 0 Å². The molecule has 0 heteroatoms. The second kappa shape index (κ2) is 9.00. The molecule has 0 nitrogen and oxygen atoms in total. The lowest BCUT2D eigenvalue weighted by Gasteiger charge is -2.17. The fourth-order valence-corrected chi connectivity index (χ4v) is 2.59. The van der Waals surface area contributed by atoms with Crippen LogP contribution in [-0.4, -0.2) is 0 Å². The lowest BCUT2D eigenvalue weighted by Crippen LogP contribution is -2.05. The highest BCUT2D eigenvalue weighted by Crippen LogP contribution is 2.23. The Hall–Kier alpha value is -1.04. The van der Waals surface area contributed by atoms with Crippen LogP contribution >= 0.6 is 0 Å². The summed E-state index contributed by atoms with van der Waals surface area (Å²) in [5.74, 6) is 1.42. The van der Waals surface area contributed by atoms with Gasteiger partial charge in [0, 0.05) is 0 Å². The molecule has 112 valence electrons. The molecule has 0 fully saturated rings. The van der Waals surface area contributed by atoms with Crippen LogP contribution in [0.5, 0.6) is 0 Å². The highest BCUT2D eigenvalue weighted by Gasteiger charge is 2.09. The topological polar surface area (TPSA) is 0 Å². The van der Waals surface area contributed by atoms with Gasteiger partial charge in [0.25, 0.3) is 0 Å². The SMILES string of the molecule is CC1=CC/C=C(/C)CC/C=C(/C)CC[C@@H](C(C)C)C=C1. The lowest BCUT2D eigenvalue weighted by molar-refractivity contribution is 0.435. The minimum absolute atomic E-state index is 0.696. The zero-order chi connectivity index (χ0) is 15.0. The summed E-state index contributed by atoms with van der Waals surface area (Å²) in [6, 6.07) is 0. The first-order valence-corrected chi connectivity index (χ1v) is 8.15. The van der Waals surface area contributed by atoms with Gasteiger partial charge in [-0.2, -0.15) is 0 Å². The van der Waals surface area contributed by atoms with Gasteiger partial charge in [-0.15, -0.1) is 0 Å². The first kappa shape index (κ1) is 17.0. The van der Waals surface area contributed by atoms with E-state index in [1.807, 2.05) is 0 Å². The summed E-state index contributed by atoms with van der Waals surface area (Å²) in [6.07, 6.45) is 17.9. The van der Waals surface area contributed by atoms with Gasteiger partial charge in [0.1, 0.15) is 0 Å². The van der Waals surface area contributed by atoms with Crippen LogP contribution in [-0.2, 0) is 0 Å². The van der Waals surface area contributed by atoms with E-state index >= 15 is 0 Å². The van der Waals surface area contributed by atoms with Gasteiger partial charge in [-0.3, -0.25) is 0 Å². The first-order chi connectivity index (χ1) is 9.49. The molecule has 0 saturated heterocycles. The normalized spacial score (nSPS) is 28.1. The predicted molar refractivity (Wildman–Crippen MR) is 91.8 cm³/mol. The van der Waals surface area contributed by atoms with E-state index in [9.17, 15) is 0 Å². The first-order valence-electron chi connectivity index (χ1n) is 8.15. The summed E-state index contributed by atoms with van der Waals surface area (Å²) in [7, 11) is 0. The van der Waals surface area contributed by atoms with E-state index in [1.54, 1.807) is 5.57 Å². The molecule has 20 heavy (non-hydrogen) atoms. The molecule has 0 aromatic carbocycles. The summed E-state index contributed by atoms with van der Waals surface area (Å²) < 4.78 is 0. The summed E-state index contributed by atoms with van der Waals surface area (Å²) in [4.78, 5) is 0. The van der Waals surface area contributed by atoms with Crippen LogP contribution in [0.25, 0.3) is 0 Å². The molecule has 0 heterocycles. The largest absolute Gasteiger partial charge is 0.0853 e. The number of allylic oxidation sites excluding steroid dienone is 8. The van der Waals surface area contributed by atoms with Crippen molar-refractivity contribution in [1.82, 2.24) is 0 Å². The molecule has 0 saturated carbocycles. The molecule has 0 bridgehead atoms. The zero-order valence-corrected chi connectivity index (χ0v) is 14.1. The van der Waals surface area contributed by atoms with Crippen molar-refractivity contribution in [2.45, 2.75) is 66.7 Å². The van der Waals surface area contributed by atoms with Crippen LogP contribution in [0.1, 0.15) is 66.7 Å². The van der Waals surface area contributed by atoms with Crippen molar-refractivity contribution in [3.63, 3.8) is 0 Å². The molecule has 0 unspecified atom stereocenters. The van der Waals surface area contributed by atoms with Crippen molar-refractivity contribution in [2.75, 3.05) is 0 Å². The summed E-state index contributed by atoms with van der Waals surface area (Å²) in [6.45, 7) is 11.4. The molecule has 1 atom stereocenters. The van der Waals surface area contributed by atoms with Crippen LogP contribution in [0.2, 0.25) is 0 Å². The molecule has 0 N–H and O–H groups in total. The van der Waals surface area contributed by atoms with E-state index in [1.165, 1.54) is 36.8 Å². The third kappa shape index (κ3) is 6.93. The Morgan fingerprint density at radius 3 is 2.35 bits per heavy atom. The Balaban J connectivity index is 2.85. The number of hydrogen-bond donors (Lipinski definition) is 0. The van der Waals surface area contributed by atoms with Gasteiger partial charge < -0.3 is 0 Å². The van der Waals surface area contributed by atoms with Gasteiger partial charge in [0.2, 0.25) is 0 Å². The van der Waals surface area contributed by atoms with Crippen molar-refractivity contribution in [1.29, 1.82) is 0 Å². The van der Waals surface area contributed by atoms with Crippen molar-refractivity contribution >= 4 is 0 Å². The van der Waals surface area contributed by atoms with Gasteiger partial charge in [0.05, 0.1) is 0 Å². The Bertz CT molecular complexity index is 402. The highest BCUT2D eigenvalue weighted by molar-refractivity contribution is 5.19. The maximum absolute atomic E-state index is 2.44. The monoisotopic (exact) mass is 272 g/mol. The van der Waals surface area contributed by atoms with Crippen LogP contribution in [0.15, 0.2) is 47.1 Å². The molecule has 0 spiro atoms. The third-order valence-corrected chi connectivity index (χ3v) is 4.27. The Morgan fingerprint density at radius 2 is 1.65 bits per heavy atom. The average molecular weight is 272 g/mol. The van der Waals surface area contributed by atoms with E-state index in [2.05, 4.69) is 65.0 Å². The second-order valence-electron chi connectivity index (χ2n) is 6.63. The molecule has 0 aromatic rings. The van der Waals surface area contributed by atoms with Gasteiger partial charge in [-0.1, -0.05) is 60.9 Å². The summed E-state index contributed by atoms with van der Waals surface area (Å²) in [5.41, 5.74) is 4.46. The minimum atomic E-state index is 0.696. The van der Waals surface area contributed by atoms with Crippen molar-refractivity contribution in [3.05, 3.63) is 47.1 Å². The second-order valence-corrected chi connectivity index (χ2v) is 6.63. The molecule has 1 rings (SSSR count). The Morgan fingerprint density at radius 1 is 0.950 bits per heavy atom. The molecule has 1 aliphatic rings. The van der Waals surface area contributed by atoms with E-state index in [-0.39, 0.29) is 0 Å². The molecule has 0 aliphatic heterocycles. The van der Waals surface area contributed by atoms with Crippen LogP contribution in [0.4, 0.5) is 0 Å². The number of rotatable bonds is 1. The average Bonchev–Trinajstić information content (AvgIpc) is 2.37. The van der Waals surface area contributed by atoms with E-state index in [4.69, 9.17) is 0 Å². The third-order valence-electron chi connectivity index (χ3n) is 4.27. The number of hydrogen-bond acceptors (Lipinski definition) is 0. The Kier molecular flexibility index (Phi) is 7.65. The van der Waals surface area contributed by atoms with Crippen LogP contribution in [0, 0.1) is 11.8 Å². The summed E-state index contributed by atoms with van der Waals surface area (Å²) in [5, 5.41) is 0. The fourth-order valence-electron chi connectivity index (χ4n) is 2.59. The van der Waals surface area contributed by atoms with Crippen molar-refractivity contribution in [2.24, 2.45) is 11.8 Å². The molecule has 1 aliphatic carbocycles. The maximum atomic E-state index is 2.44. The van der Waals surface area contributed by atoms with Crippen LogP contribution < -0.4 is 0 Å².